The van der Waals surface area contributed by atoms with Crippen LogP contribution in [0.3, 0.4) is 0 Å². The monoisotopic (exact) mass is 238 g/mol. The minimum Gasteiger partial charge on any atom is -0.477 e. The molecule has 16 heavy (non-hydrogen) atoms. The summed E-state index contributed by atoms with van der Waals surface area (Å²) in [5.41, 5.74) is 1.08. The van der Waals surface area contributed by atoms with E-state index in [2.05, 4.69) is 9.88 Å². The van der Waals surface area contributed by atoms with Crippen LogP contribution in [0.25, 0.3) is 0 Å². The molecule has 0 aromatic carbocycles. The van der Waals surface area contributed by atoms with Crippen LogP contribution in [0.4, 0.5) is 5.69 Å². The normalized spacial score (nSPS) is 19.7. The molecule has 1 saturated heterocycles. The standard InChI is InChI=1S/C11H14N2O2S/c1-13(9-4-5-16-7-9)8-2-3-10(11(14)15)12-6-8/h2-3,6,9H,4-5,7H2,1H3,(H,14,15). The number of hydrogen-bond donors (Lipinski definition) is 1. The first kappa shape index (κ1) is 11.3. The SMILES string of the molecule is CN(c1ccc(C(=O)O)nc1)C1CCSC1. The first-order valence-corrected chi connectivity index (χ1v) is 6.34. The van der Waals surface area contributed by atoms with Crippen molar-refractivity contribution in [3.8, 4) is 0 Å². The van der Waals surface area contributed by atoms with Crippen LogP contribution in [0.2, 0.25) is 0 Å². The second-order valence-corrected chi connectivity index (χ2v) is 4.98. The van der Waals surface area contributed by atoms with Gasteiger partial charge in [-0.05, 0) is 24.3 Å². The maximum Gasteiger partial charge on any atom is 0.354 e. The van der Waals surface area contributed by atoms with Crippen LogP contribution in [0.1, 0.15) is 16.9 Å². The Morgan fingerprint density at radius 2 is 2.44 bits per heavy atom. The topological polar surface area (TPSA) is 53.4 Å². The van der Waals surface area contributed by atoms with Crippen molar-refractivity contribution >= 4 is 23.4 Å². The van der Waals surface area contributed by atoms with Gasteiger partial charge in [0, 0.05) is 18.8 Å². The molecule has 86 valence electrons. The summed E-state index contributed by atoms with van der Waals surface area (Å²) in [5.74, 6) is 1.36. The zero-order valence-electron chi connectivity index (χ0n) is 9.09. The molecular formula is C11H14N2O2S. The average Bonchev–Trinajstić information content (AvgIpc) is 2.81. The molecular weight excluding hydrogens is 224 g/mol. The van der Waals surface area contributed by atoms with Crippen LogP contribution in [0, 0.1) is 0 Å². The van der Waals surface area contributed by atoms with Crippen molar-refractivity contribution in [1.82, 2.24) is 4.98 Å². The summed E-state index contributed by atoms with van der Waals surface area (Å²) >= 11 is 1.96. The van der Waals surface area contributed by atoms with Crippen LogP contribution in [-0.4, -0.2) is 40.7 Å². The molecule has 0 spiro atoms. The molecule has 0 aliphatic carbocycles. The molecule has 2 heterocycles. The molecule has 0 amide bonds. The molecule has 1 aromatic heterocycles. The number of carboxylic acid groups (broad SMARTS) is 1. The Labute approximate surface area is 98.7 Å². The molecule has 0 bridgehead atoms. The number of thioether (sulfide) groups is 1. The Kier molecular flexibility index (Phi) is 3.33. The first-order valence-electron chi connectivity index (χ1n) is 5.18. The van der Waals surface area contributed by atoms with Crippen molar-refractivity contribution in [2.45, 2.75) is 12.5 Å². The summed E-state index contributed by atoms with van der Waals surface area (Å²) in [6, 6.07) is 3.91. The average molecular weight is 238 g/mol. The van der Waals surface area contributed by atoms with Gasteiger partial charge >= 0.3 is 5.97 Å². The molecule has 5 heteroatoms. The molecule has 1 N–H and O–H groups in total. The molecule has 1 atom stereocenters. The Morgan fingerprint density at radius 1 is 1.62 bits per heavy atom. The summed E-state index contributed by atoms with van der Waals surface area (Å²) in [6.45, 7) is 0. The van der Waals surface area contributed by atoms with Crippen molar-refractivity contribution in [2.24, 2.45) is 0 Å². The molecule has 1 fully saturated rings. The fourth-order valence-electron chi connectivity index (χ4n) is 1.76. The molecule has 1 unspecified atom stereocenters. The van der Waals surface area contributed by atoms with E-state index >= 15 is 0 Å². The number of rotatable bonds is 3. The third-order valence-electron chi connectivity index (χ3n) is 2.83. The number of aromatic carboxylic acids is 1. The third-order valence-corrected chi connectivity index (χ3v) is 3.97. The second-order valence-electron chi connectivity index (χ2n) is 3.84. The van der Waals surface area contributed by atoms with E-state index in [1.165, 1.54) is 12.2 Å². The van der Waals surface area contributed by atoms with Gasteiger partial charge in [-0.25, -0.2) is 9.78 Å². The highest BCUT2D eigenvalue weighted by atomic mass is 32.2. The molecule has 1 aliphatic rings. The minimum atomic E-state index is -0.981. The van der Waals surface area contributed by atoms with Crippen molar-refractivity contribution in [1.29, 1.82) is 0 Å². The van der Waals surface area contributed by atoms with E-state index in [9.17, 15) is 4.79 Å². The van der Waals surface area contributed by atoms with Gasteiger partial charge < -0.3 is 10.0 Å². The van der Waals surface area contributed by atoms with E-state index in [1.54, 1.807) is 12.3 Å². The van der Waals surface area contributed by atoms with Gasteiger partial charge in [0.1, 0.15) is 5.69 Å². The number of carbonyl (C=O) groups is 1. The molecule has 1 aromatic rings. The Balaban J connectivity index is 2.11. The van der Waals surface area contributed by atoms with Gasteiger partial charge in [-0.1, -0.05) is 0 Å². The third kappa shape index (κ3) is 2.29. The summed E-state index contributed by atoms with van der Waals surface area (Å²) in [5, 5.41) is 8.75. The van der Waals surface area contributed by atoms with Crippen LogP contribution >= 0.6 is 11.8 Å². The van der Waals surface area contributed by atoms with Gasteiger partial charge in [-0.2, -0.15) is 11.8 Å². The minimum absolute atomic E-state index is 0.0953. The van der Waals surface area contributed by atoms with Gasteiger partial charge in [0.15, 0.2) is 0 Å². The van der Waals surface area contributed by atoms with E-state index in [4.69, 9.17) is 5.11 Å². The van der Waals surface area contributed by atoms with E-state index in [0.29, 0.717) is 6.04 Å². The summed E-state index contributed by atoms with van der Waals surface area (Å²) in [7, 11) is 2.04. The van der Waals surface area contributed by atoms with Gasteiger partial charge in [-0.3, -0.25) is 0 Å². The molecule has 4 nitrogen and oxygen atoms in total. The Hall–Kier alpha value is -1.23. The highest BCUT2D eigenvalue weighted by Crippen LogP contribution is 2.25. The fourth-order valence-corrected chi connectivity index (χ4v) is 3.03. The number of anilines is 1. The Bertz CT molecular complexity index is 374. The van der Waals surface area contributed by atoms with Gasteiger partial charge in [-0.15, -0.1) is 0 Å². The van der Waals surface area contributed by atoms with Crippen molar-refractivity contribution in [3.05, 3.63) is 24.0 Å². The van der Waals surface area contributed by atoms with Gasteiger partial charge in [0.25, 0.3) is 0 Å². The Morgan fingerprint density at radius 3 is 2.94 bits per heavy atom. The lowest BCUT2D eigenvalue weighted by atomic mass is 10.2. The number of hydrogen-bond acceptors (Lipinski definition) is 4. The lowest BCUT2D eigenvalue weighted by Gasteiger charge is -2.25. The second kappa shape index (κ2) is 4.74. The van der Waals surface area contributed by atoms with Crippen LogP contribution in [-0.2, 0) is 0 Å². The van der Waals surface area contributed by atoms with Crippen molar-refractivity contribution in [2.75, 3.05) is 23.5 Å². The van der Waals surface area contributed by atoms with Crippen LogP contribution < -0.4 is 4.90 Å². The van der Waals surface area contributed by atoms with E-state index in [0.717, 1.165) is 11.4 Å². The van der Waals surface area contributed by atoms with Crippen molar-refractivity contribution in [3.63, 3.8) is 0 Å². The molecule has 0 radical (unpaired) electrons. The highest BCUT2D eigenvalue weighted by Gasteiger charge is 2.20. The summed E-state index contributed by atoms with van der Waals surface area (Å²) < 4.78 is 0. The highest BCUT2D eigenvalue weighted by molar-refractivity contribution is 7.99. The summed E-state index contributed by atoms with van der Waals surface area (Å²) in [6.07, 6.45) is 2.81. The largest absolute Gasteiger partial charge is 0.477 e. The maximum absolute atomic E-state index is 10.7. The van der Waals surface area contributed by atoms with Crippen LogP contribution in [0.5, 0.6) is 0 Å². The fraction of sp³-hybridized carbons (Fsp3) is 0.455. The van der Waals surface area contributed by atoms with Gasteiger partial charge in [0.2, 0.25) is 0 Å². The van der Waals surface area contributed by atoms with E-state index in [1.807, 2.05) is 24.9 Å². The smallest absolute Gasteiger partial charge is 0.354 e. The number of nitrogens with zero attached hydrogens (tertiary/aromatic N) is 2. The number of aromatic nitrogens is 1. The van der Waals surface area contributed by atoms with E-state index in [-0.39, 0.29) is 5.69 Å². The maximum atomic E-state index is 10.7. The van der Waals surface area contributed by atoms with Crippen LogP contribution in [0.15, 0.2) is 18.3 Å². The molecule has 1 aliphatic heterocycles. The summed E-state index contributed by atoms with van der Waals surface area (Å²) in [4.78, 5) is 16.8. The molecule has 0 saturated carbocycles. The predicted octanol–water partition coefficient (Wildman–Crippen LogP) is 1.72. The van der Waals surface area contributed by atoms with E-state index < -0.39 is 5.97 Å². The number of carboxylic acids is 1. The lowest BCUT2D eigenvalue weighted by molar-refractivity contribution is 0.0690. The molecule has 2 rings (SSSR count). The zero-order chi connectivity index (χ0) is 11.5. The zero-order valence-corrected chi connectivity index (χ0v) is 9.91. The quantitative estimate of drug-likeness (QED) is 0.869. The number of pyridine rings is 1. The lowest BCUT2D eigenvalue weighted by Crippen LogP contribution is -2.31. The van der Waals surface area contributed by atoms with Gasteiger partial charge in [0.05, 0.1) is 11.9 Å². The predicted molar refractivity (Wildman–Crippen MR) is 65.3 cm³/mol. The van der Waals surface area contributed by atoms with Crippen molar-refractivity contribution < 1.29 is 9.90 Å². The first-order chi connectivity index (χ1) is 7.68.